The van der Waals surface area contributed by atoms with Gasteiger partial charge in [0.15, 0.2) is 0 Å². The predicted octanol–water partition coefficient (Wildman–Crippen LogP) is 4.58. The van der Waals surface area contributed by atoms with E-state index in [-0.39, 0.29) is 20.6 Å². The maximum absolute atomic E-state index is 12.7. The lowest BCUT2D eigenvalue weighted by molar-refractivity contribution is -0.0692. The highest BCUT2D eigenvalue weighted by Crippen LogP contribution is 2.39. The molecule has 0 bridgehead atoms. The molecule has 7 heteroatoms. The minimum atomic E-state index is -4.61. The molecule has 0 spiro atoms. The summed E-state index contributed by atoms with van der Waals surface area (Å²) in [6, 6.07) is 2.09. The molecule has 0 saturated heterocycles. The molecule has 0 aliphatic heterocycles. The van der Waals surface area contributed by atoms with Crippen LogP contribution >= 0.6 is 34.8 Å². The number of hydrogen-bond acceptors (Lipinski definition) is 1. The molecule has 0 fully saturated rings. The average molecular weight is 306 g/mol. The SMILES string of the molecule is OCC=C(c1cc(Cl)c(Cl)c(Cl)c1)C(F)(F)F. The van der Waals surface area contributed by atoms with Crippen molar-refractivity contribution in [2.45, 2.75) is 6.18 Å². The normalized spacial score (nSPS) is 13.0. The van der Waals surface area contributed by atoms with Crippen molar-refractivity contribution in [2.24, 2.45) is 0 Å². The molecule has 0 aliphatic carbocycles. The van der Waals surface area contributed by atoms with E-state index < -0.39 is 18.4 Å². The lowest BCUT2D eigenvalue weighted by Crippen LogP contribution is -2.11. The van der Waals surface area contributed by atoms with Crippen LogP contribution in [0.25, 0.3) is 5.57 Å². The molecule has 1 rings (SSSR count). The Hall–Kier alpha value is -0.420. The van der Waals surface area contributed by atoms with Gasteiger partial charge in [0.2, 0.25) is 0 Å². The van der Waals surface area contributed by atoms with Crippen LogP contribution in [-0.4, -0.2) is 17.9 Å². The Morgan fingerprint density at radius 1 is 1.18 bits per heavy atom. The Kier molecular flexibility index (Phi) is 4.72. The first-order chi connectivity index (χ1) is 7.77. The summed E-state index contributed by atoms with van der Waals surface area (Å²) in [6.45, 7) is -0.743. The molecule has 1 aromatic carbocycles. The number of rotatable bonds is 2. The molecule has 0 saturated carbocycles. The Morgan fingerprint density at radius 2 is 1.65 bits per heavy atom. The van der Waals surface area contributed by atoms with Gasteiger partial charge in [0.05, 0.1) is 27.2 Å². The zero-order chi connectivity index (χ0) is 13.2. The van der Waals surface area contributed by atoms with Crippen molar-refractivity contribution < 1.29 is 18.3 Å². The monoisotopic (exact) mass is 304 g/mol. The maximum atomic E-state index is 12.7. The van der Waals surface area contributed by atoms with Gasteiger partial charge in [0.1, 0.15) is 0 Å². The number of aliphatic hydroxyl groups is 1. The van der Waals surface area contributed by atoms with Gasteiger partial charge in [-0.3, -0.25) is 0 Å². The van der Waals surface area contributed by atoms with Crippen LogP contribution in [0.1, 0.15) is 5.56 Å². The summed E-state index contributed by atoms with van der Waals surface area (Å²) < 4.78 is 38.0. The molecule has 0 amide bonds. The van der Waals surface area contributed by atoms with Gasteiger partial charge in [0, 0.05) is 0 Å². The number of alkyl halides is 3. The van der Waals surface area contributed by atoms with Gasteiger partial charge in [-0.1, -0.05) is 34.8 Å². The summed E-state index contributed by atoms with van der Waals surface area (Å²) in [5.41, 5.74) is -1.26. The molecule has 1 aromatic rings. The van der Waals surface area contributed by atoms with Gasteiger partial charge in [-0.15, -0.1) is 0 Å². The van der Waals surface area contributed by atoms with Crippen LogP contribution in [0.4, 0.5) is 13.2 Å². The first-order valence-corrected chi connectivity index (χ1v) is 5.44. The standard InChI is InChI=1S/C10H6Cl3F3O/c11-7-3-5(4-8(12)9(7)13)6(1-2-17)10(14,15)16/h1,3-4,17H,2H2. The Morgan fingerprint density at radius 3 is 2.00 bits per heavy atom. The van der Waals surface area contributed by atoms with E-state index >= 15 is 0 Å². The van der Waals surface area contributed by atoms with Crippen LogP contribution in [0.3, 0.4) is 0 Å². The molecule has 0 aliphatic rings. The number of benzene rings is 1. The molecule has 0 atom stereocenters. The number of aliphatic hydroxyl groups excluding tert-OH is 1. The topological polar surface area (TPSA) is 20.2 Å². The molecular weight excluding hydrogens is 299 g/mol. The van der Waals surface area contributed by atoms with Crippen LogP contribution in [0, 0.1) is 0 Å². The number of hydrogen-bond donors (Lipinski definition) is 1. The summed E-state index contributed by atoms with van der Waals surface area (Å²) in [7, 11) is 0. The van der Waals surface area contributed by atoms with E-state index in [1.54, 1.807) is 0 Å². The fraction of sp³-hybridized carbons (Fsp3) is 0.200. The molecule has 0 unspecified atom stereocenters. The van der Waals surface area contributed by atoms with E-state index in [1.807, 2.05) is 0 Å². The first-order valence-electron chi connectivity index (χ1n) is 4.30. The van der Waals surface area contributed by atoms with Gasteiger partial charge in [-0.25, -0.2) is 0 Å². The lowest BCUT2D eigenvalue weighted by Gasteiger charge is -2.13. The lowest BCUT2D eigenvalue weighted by atomic mass is 10.1. The highest BCUT2D eigenvalue weighted by Gasteiger charge is 2.34. The van der Waals surface area contributed by atoms with Crippen molar-refractivity contribution in [3.8, 4) is 0 Å². The van der Waals surface area contributed by atoms with Crippen LogP contribution in [-0.2, 0) is 0 Å². The Labute approximate surface area is 110 Å². The van der Waals surface area contributed by atoms with Gasteiger partial charge < -0.3 is 5.11 Å². The van der Waals surface area contributed by atoms with Gasteiger partial charge in [-0.2, -0.15) is 13.2 Å². The van der Waals surface area contributed by atoms with Gasteiger partial charge >= 0.3 is 6.18 Å². The minimum Gasteiger partial charge on any atom is -0.392 e. The number of halogens is 6. The summed E-state index contributed by atoms with van der Waals surface area (Å²) in [6.07, 6.45) is -3.97. The molecular formula is C10H6Cl3F3O. The molecule has 1 N–H and O–H groups in total. The second kappa shape index (κ2) is 5.48. The maximum Gasteiger partial charge on any atom is 0.416 e. The van der Waals surface area contributed by atoms with Crippen LogP contribution < -0.4 is 0 Å². The van der Waals surface area contributed by atoms with Crippen molar-refractivity contribution in [3.05, 3.63) is 38.8 Å². The van der Waals surface area contributed by atoms with Crippen LogP contribution in [0.15, 0.2) is 18.2 Å². The van der Waals surface area contributed by atoms with E-state index in [2.05, 4.69) is 0 Å². The van der Waals surface area contributed by atoms with Crippen molar-refractivity contribution in [1.82, 2.24) is 0 Å². The third kappa shape index (κ3) is 3.52. The fourth-order valence-electron chi connectivity index (χ4n) is 1.20. The molecule has 17 heavy (non-hydrogen) atoms. The summed E-state index contributed by atoms with van der Waals surface area (Å²) in [4.78, 5) is 0. The first kappa shape index (κ1) is 14.6. The van der Waals surface area contributed by atoms with E-state index in [4.69, 9.17) is 39.9 Å². The summed E-state index contributed by atoms with van der Waals surface area (Å²) >= 11 is 16.9. The number of allylic oxidation sites excluding steroid dienone is 1. The van der Waals surface area contributed by atoms with E-state index in [9.17, 15) is 13.2 Å². The van der Waals surface area contributed by atoms with Crippen LogP contribution in [0.5, 0.6) is 0 Å². The Balaban J connectivity index is 3.36. The minimum absolute atomic E-state index is 0.0115. The van der Waals surface area contributed by atoms with Crippen molar-refractivity contribution in [2.75, 3.05) is 6.61 Å². The molecule has 0 radical (unpaired) electrons. The third-order valence-electron chi connectivity index (χ3n) is 1.90. The zero-order valence-electron chi connectivity index (χ0n) is 8.15. The van der Waals surface area contributed by atoms with E-state index in [0.29, 0.717) is 6.08 Å². The highest BCUT2D eigenvalue weighted by atomic mass is 35.5. The molecule has 0 heterocycles. The summed E-state index contributed by atoms with van der Waals surface area (Å²) in [5, 5.41) is 8.41. The third-order valence-corrected chi connectivity index (χ3v) is 3.09. The zero-order valence-corrected chi connectivity index (χ0v) is 10.4. The highest BCUT2D eigenvalue weighted by molar-refractivity contribution is 6.48. The van der Waals surface area contributed by atoms with Crippen molar-refractivity contribution in [1.29, 1.82) is 0 Å². The second-order valence-electron chi connectivity index (χ2n) is 3.05. The van der Waals surface area contributed by atoms with Gasteiger partial charge in [0.25, 0.3) is 0 Å². The average Bonchev–Trinajstić information content (AvgIpc) is 2.20. The predicted molar refractivity (Wildman–Crippen MR) is 62.6 cm³/mol. The quantitative estimate of drug-likeness (QED) is 0.793. The molecule has 1 nitrogen and oxygen atoms in total. The molecule has 94 valence electrons. The Bertz CT molecular complexity index is 432. The largest absolute Gasteiger partial charge is 0.416 e. The van der Waals surface area contributed by atoms with E-state index in [0.717, 1.165) is 12.1 Å². The van der Waals surface area contributed by atoms with Gasteiger partial charge in [-0.05, 0) is 23.8 Å². The smallest absolute Gasteiger partial charge is 0.392 e. The van der Waals surface area contributed by atoms with Crippen LogP contribution in [0.2, 0.25) is 15.1 Å². The van der Waals surface area contributed by atoms with Crippen molar-refractivity contribution in [3.63, 3.8) is 0 Å². The van der Waals surface area contributed by atoms with E-state index in [1.165, 1.54) is 0 Å². The molecule has 0 aromatic heterocycles. The van der Waals surface area contributed by atoms with Crippen molar-refractivity contribution >= 4 is 40.4 Å². The fourth-order valence-corrected chi connectivity index (χ4v) is 1.80. The summed E-state index contributed by atoms with van der Waals surface area (Å²) in [5.74, 6) is 0. The second-order valence-corrected chi connectivity index (χ2v) is 4.24.